The van der Waals surface area contributed by atoms with E-state index in [0.29, 0.717) is 11.3 Å². The minimum absolute atomic E-state index is 0.579. The van der Waals surface area contributed by atoms with Crippen LogP contribution < -0.4 is 0 Å². The summed E-state index contributed by atoms with van der Waals surface area (Å²) in [5.41, 5.74) is 1.45. The molecule has 0 amide bonds. The largest absolute Gasteiger partial charge is 0.347 e. The van der Waals surface area contributed by atoms with Crippen molar-refractivity contribution in [1.29, 1.82) is 0 Å². The summed E-state index contributed by atoms with van der Waals surface area (Å²) < 4.78 is 0. The normalized spacial score (nSPS) is 30.6. The van der Waals surface area contributed by atoms with Crippen molar-refractivity contribution < 1.29 is 0 Å². The molecule has 2 heterocycles. The standard InChI is InChI=1S/C14H18N2S/c1-15-14-16-10-6-5-9-12(16)13(17-14)11-7-3-2-4-8-11/h2-4,7-8,12-13H,5-6,9-10H2,1H3/t12-,13-/m1/s1. The molecular formula is C14H18N2S. The van der Waals surface area contributed by atoms with Gasteiger partial charge in [0.25, 0.3) is 0 Å². The highest BCUT2D eigenvalue weighted by atomic mass is 32.2. The van der Waals surface area contributed by atoms with Crippen LogP contribution in [0.4, 0.5) is 0 Å². The first kappa shape index (κ1) is 11.1. The smallest absolute Gasteiger partial charge is 0.159 e. The summed E-state index contributed by atoms with van der Waals surface area (Å²) in [6, 6.07) is 11.5. The van der Waals surface area contributed by atoms with Crippen LogP contribution in [0.5, 0.6) is 0 Å². The number of fused-ring (bicyclic) bond motifs is 1. The molecule has 0 bridgehead atoms. The summed E-state index contributed by atoms with van der Waals surface area (Å²) in [5, 5.41) is 1.82. The van der Waals surface area contributed by atoms with Gasteiger partial charge in [0.1, 0.15) is 0 Å². The number of aliphatic imine (C=N–C) groups is 1. The van der Waals surface area contributed by atoms with E-state index in [4.69, 9.17) is 0 Å². The predicted octanol–water partition coefficient (Wildman–Crippen LogP) is 3.31. The molecular weight excluding hydrogens is 228 g/mol. The molecule has 2 atom stereocenters. The van der Waals surface area contributed by atoms with Crippen LogP contribution in [0.3, 0.4) is 0 Å². The number of rotatable bonds is 1. The number of hydrogen-bond acceptors (Lipinski definition) is 2. The topological polar surface area (TPSA) is 15.6 Å². The zero-order chi connectivity index (χ0) is 11.7. The van der Waals surface area contributed by atoms with Gasteiger partial charge in [-0.25, -0.2) is 0 Å². The monoisotopic (exact) mass is 246 g/mol. The number of hydrogen-bond donors (Lipinski definition) is 0. The van der Waals surface area contributed by atoms with Crippen LogP contribution in [-0.2, 0) is 0 Å². The maximum atomic E-state index is 4.45. The van der Waals surface area contributed by atoms with Gasteiger partial charge in [0.05, 0.1) is 5.25 Å². The fourth-order valence-electron chi connectivity index (χ4n) is 2.88. The van der Waals surface area contributed by atoms with E-state index in [-0.39, 0.29) is 0 Å². The molecule has 3 heteroatoms. The zero-order valence-corrected chi connectivity index (χ0v) is 11.0. The lowest BCUT2D eigenvalue weighted by molar-refractivity contribution is 0.250. The van der Waals surface area contributed by atoms with Gasteiger partial charge in [0.15, 0.2) is 5.17 Å². The van der Waals surface area contributed by atoms with Crippen molar-refractivity contribution in [2.75, 3.05) is 13.6 Å². The molecule has 0 aliphatic carbocycles. The van der Waals surface area contributed by atoms with Gasteiger partial charge in [-0.3, -0.25) is 4.99 Å². The van der Waals surface area contributed by atoms with Crippen LogP contribution >= 0.6 is 11.8 Å². The molecule has 0 saturated carbocycles. The average Bonchev–Trinajstić information content (AvgIpc) is 2.78. The van der Waals surface area contributed by atoms with Crippen LogP contribution in [0.1, 0.15) is 30.1 Å². The second-order valence-corrected chi connectivity index (χ2v) is 5.82. The van der Waals surface area contributed by atoms with E-state index in [1.807, 2.05) is 18.8 Å². The van der Waals surface area contributed by atoms with Crippen LogP contribution in [0, 0.1) is 0 Å². The van der Waals surface area contributed by atoms with Crippen molar-refractivity contribution in [1.82, 2.24) is 4.90 Å². The fourth-order valence-corrected chi connectivity index (χ4v) is 4.31. The van der Waals surface area contributed by atoms with E-state index in [1.165, 1.54) is 36.5 Å². The Kier molecular flexibility index (Phi) is 3.10. The fraction of sp³-hybridized carbons (Fsp3) is 0.500. The van der Waals surface area contributed by atoms with Crippen LogP contribution in [0.2, 0.25) is 0 Å². The van der Waals surface area contributed by atoms with E-state index in [9.17, 15) is 0 Å². The summed E-state index contributed by atoms with van der Waals surface area (Å²) in [7, 11) is 1.92. The minimum atomic E-state index is 0.579. The molecule has 2 saturated heterocycles. The Bertz CT molecular complexity index is 415. The molecule has 0 spiro atoms. The quantitative estimate of drug-likeness (QED) is 0.755. The number of benzene rings is 1. The van der Waals surface area contributed by atoms with E-state index < -0.39 is 0 Å². The van der Waals surface area contributed by atoms with Gasteiger partial charge < -0.3 is 4.90 Å². The van der Waals surface area contributed by atoms with Gasteiger partial charge in [0, 0.05) is 19.6 Å². The first-order valence-corrected chi connectivity index (χ1v) is 7.23. The number of thioether (sulfide) groups is 1. The summed E-state index contributed by atoms with van der Waals surface area (Å²) in [6.45, 7) is 1.19. The summed E-state index contributed by atoms with van der Waals surface area (Å²) in [6.07, 6.45) is 3.99. The van der Waals surface area contributed by atoms with Crippen molar-refractivity contribution in [3.63, 3.8) is 0 Å². The van der Waals surface area contributed by atoms with Gasteiger partial charge in [0.2, 0.25) is 0 Å². The lowest BCUT2D eigenvalue weighted by atomic mass is 9.96. The molecule has 2 aliphatic rings. The van der Waals surface area contributed by atoms with Gasteiger partial charge >= 0.3 is 0 Å². The SMILES string of the molecule is CN=C1S[C@H](c2ccccc2)[C@H]2CCCCN12. The molecule has 0 unspecified atom stereocenters. The number of amidine groups is 1. The molecule has 3 rings (SSSR count). The third-order valence-electron chi connectivity index (χ3n) is 3.70. The lowest BCUT2D eigenvalue weighted by Gasteiger charge is -2.32. The van der Waals surface area contributed by atoms with E-state index >= 15 is 0 Å². The van der Waals surface area contributed by atoms with Crippen molar-refractivity contribution >= 4 is 16.9 Å². The average molecular weight is 246 g/mol. The Morgan fingerprint density at radius 2 is 2.06 bits per heavy atom. The molecule has 1 aromatic carbocycles. The predicted molar refractivity (Wildman–Crippen MR) is 74.5 cm³/mol. The Morgan fingerprint density at radius 1 is 1.24 bits per heavy atom. The van der Waals surface area contributed by atoms with Crippen LogP contribution in [0.15, 0.2) is 35.3 Å². The molecule has 2 fully saturated rings. The highest BCUT2D eigenvalue weighted by molar-refractivity contribution is 8.14. The number of nitrogens with zero attached hydrogens (tertiary/aromatic N) is 2. The van der Waals surface area contributed by atoms with Crippen molar-refractivity contribution in [2.45, 2.75) is 30.6 Å². The van der Waals surface area contributed by atoms with Crippen molar-refractivity contribution in [3.05, 3.63) is 35.9 Å². The van der Waals surface area contributed by atoms with E-state index in [0.717, 1.165) is 0 Å². The Labute approximate surface area is 107 Å². The maximum Gasteiger partial charge on any atom is 0.159 e. The van der Waals surface area contributed by atoms with Crippen LogP contribution in [0.25, 0.3) is 0 Å². The molecule has 0 radical (unpaired) electrons. The highest BCUT2D eigenvalue weighted by Crippen LogP contribution is 2.46. The van der Waals surface area contributed by atoms with Crippen molar-refractivity contribution in [2.24, 2.45) is 4.99 Å². The third kappa shape index (κ3) is 1.97. The molecule has 2 aliphatic heterocycles. The summed E-state index contributed by atoms with van der Waals surface area (Å²) >= 11 is 1.95. The van der Waals surface area contributed by atoms with Crippen LogP contribution in [-0.4, -0.2) is 29.7 Å². The second-order valence-electron chi connectivity index (χ2n) is 4.71. The van der Waals surface area contributed by atoms with Gasteiger partial charge in [-0.05, 0) is 24.8 Å². The number of piperidine rings is 1. The van der Waals surface area contributed by atoms with Crippen molar-refractivity contribution in [3.8, 4) is 0 Å². The zero-order valence-electron chi connectivity index (χ0n) is 10.2. The van der Waals surface area contributed by atoms with Gasteiger partial charge in [-0.2, -0.15) is 0 Å². The molecule has 1 aromatic rings. The van der Waals surface area contributed by atoms with E-state index in [2.05, 4.69) is 40.2 Å². The van der Waals surface area contributed by atoms with Gasteiger partial charge in [-0.15, -0.1) is 0 Å². The first-order valence-electron chi connectivity index (χ1n) is 6.35. The Morgan fingerprint density at radius 3 is 2.82 bits per heavy atom. The molecule has 0 aromatic heterocycles. The molecule has 90 valence electrons. The third-order valence-corrected chi connectivity index (χ3v) is 5.16. The Balaban J connectivity index is 1.91. The minimum Gasteiger partial charge on any atom is -0.347 e. The Hall–Kier alpha value is -0.960. The molecule has 2 nitrogen and oxygen atoms in total. The summed E-state index contributed by atoms with van der Waals surface area (Å²) in [4.78, 5) is 6.97. The lowest BCUT2D eigenvalue weighted by Crippen LogP contribution is -2.38. The van der Waals surface area contributed by atoms with Gasteiger partial charge in [-0.1, -0.05) is 42.1 Å². The first-order chi connectivity index (χ1) is 8.40. The second kappa shape index (κ2) is 4.73. The summed E-state index contributed by atoms with van der Waals surface area (Å²) in [5.74, 6) is 0. The molecule has 17 heavy (non-hydrogen) atoms. The van der Waals surface area contributed by atoms with E-state index in [1.54, 1.807) is 0 Å². The molecule has 0 N–H and O–H groups in total. The maximum absolute atomic E-state index is 4.45. The highest BCUT2D eigenvalue weighted by Gasteiger charge is 2.40.